The van der Waals surface area contributed by atoms with Crippen LogP contribution in [0.5, 0.6) is 0 Å². The van der Waals surface area contributed by atoms with E-state index in [0.29, 0.717) is 5.82 Å². The minimum atomic E-state index is 0.111. The normalized spacial score (nSPS) is 11.2. The van der Waals surface area contributed by atoms with Gasteiger partial charge in [-0.15, -0.1) is 0 Å². The summed E-state index contributed by atoms with van der Waals surface area (Å²) in [6.07, 6.45) is 4.70. The first-order valence-electron chi connectivity index (χ1n) is 5.76. The number of rotatable bonds is 6. The molecule has 4 N–H and O–H groups in total. The van der Waals surface area contributed by atoms with E-state index in [1.54, 1.807) is 0 Å². The van der Waals surface area contributed by atoms with Crippen molar-refractivity contribution in [3.8, 4) is 0 Å². The van der Waals surface area contributed by atoms with E-state index in [1.807, 2.05) is 6.07 Å². The summed E-state index contributed by atoms with van der Waals surface area (Å²) in [4.78, 5) is 8.18. The van der Waals surface area contributed by atoms with Crippen LogP contribution in [0.4, 0.5) is 11.6 Å². The number of nitrogen functional groups attached to an aromatic ring is 1. The fourth-order valence-corrected chi connectivity index (χ4v) is 1.79. The van der Waals surface area contributed by atoms with Gasteiger partial charge in [-0.05, 0) is 19.3 Å². The Morgan fingerprint density at radius 1 is 1.12 bits per heavy atom. The van der Waals surface area contributed by atoms with Gasteiger partial charge in [0.25, 0.3) is 0 Å². The fraction of sp³-hybridized carbons (Fsp3) is 0.636. The number of nitrogens with zero attached hydrogens (tertiary/aromatic N) is 2. The lowest BCUT2D eigenvalue weighted by Crippen LogP contribution is -2.36. The minimum absolute atomic E-state index is 0.111. The molecule has 0 bridgehead atoms. The van der Waals surface area contributed by atoms with E-state index in [9.17, 15) is 0 Å². The van der Waals surface area contributed by atoms with Gasteiger partial charge in [0.1, 0.15) is 18.0 Å². The molecule has 0 unspecified atom stereocenters. The van der Waals surface area contributed by atoms with Gasteiger partial charge in [-0.25, -0.2) is 15.8 Å². The van der Waals surface area contributed by atoms with Gasteiger partial charge >= 0.3 is 0 Å². The Morgan fingerprint density at radius 3 is 2.19 bits per heavy atom. The predicted molar refractivity (Wildman–Crippen MR) is 67.1 cm³/mol. The molecule has 5 nitrogen and oxygen atoms in total. The molecule has 1 heterocycles. The Morgan fingerprint density at radius 2 is 1.69 bits per heavy atom. The van der Waals surface area contributed by atoms with Crippen molar-refractivity contribution >= 4 is 11.6 Å². The number of hydrazine groups is 1. The van der Waals surface area contributed by atoms with Crippen molar-refractivity contribution in [2.24, 2.45) is 5.84 Å². The van der Waals surface area contributed by atoms with Crippen LogP contribution in [-0.4, -0.2) is 15.5 Å². The van der Waals surface area contributed by atoms with E-state index in [1.165, 1.54) is 6.33 Å². The van der Waals surface area contributed by atoms with Crippen molar-refractivity contribution in [2.45, 2.75) is 45.6 Å². The minimum Gasteiger partial charge on any atom is -0.365 e. The van der Waals surface area contributed by atoms with Crippen molar-refractivity contribution in [3.63, 3.8) is 0 Å². The van der Waals surface area contributed by atoms with Gasteiger partial charge in [0.15, 0.2) is 0 Å². The zero-order valence-electron chi connectivity index (χ0n) is 10.2. The standard InChI is InChI=1S/C11H21N5/c1-4-11(5-2,6-3)15-9-7-10(16-12)14-8-13-9/h7-8H,4-6,12H2,1-3H3,(H2,13,14,15,16). The summed E-state index contributed by atoms with van der Waals surface area (Å²) in [6.45, 7) is 6.55. The summed E-state index contributed by atoms with van der Waals surface area (Å²) in [5.74, 6) is 6.75. The van der Waals surface area contributed by atoms with E-state index < -0.39 is 0 Å². The molecule has 0 amide bonds. The molecule has 0 aliphatic heterocycles. The SMILES string of the molecule is CCC(CC)(CC)Nc1cc(NN)ncn1. The second-order valence-electron chi connectivity index (χ2n) is 3.90. The van der Waals surface area contributed by atoms with E-state index in [2.05, 4.69) is 41.5 Å². The number of nitrogens with two attached hydrogens (primary N) is 1. The van der Waals surface area contributed by atoms with Gasteiger partial charge in [0.05, 0.1) is 0 Å². The average Bonchev–Trinajstić information content (AvgIpc) is 2.36. The molecule has 0 fully saturated rings. The van der Waals surface area contributed by atoms with Crippen LogP contribution >= 0.6 is 0 Å². The van der Waals surface area contributed by atoms with E-state index in [4.69, 9.17) is 5.84 Å². The van der Waals surface area contributed by atoms with Gasteiger partial charge in [-0.1, -0.05) is 20.8 Å². The van der Waals surface area contributed by atoms with Crippen molar-refractivity contribution in [2.75, 3.05) is 10.7 Å². The molecule has 90 valence electrons. The molecule has 0 atom stereocenters. The van der Waals surface area contributed by atoms with Crippen LogP contribution in [0.15, 0.2) is 12.4 Å². The quantitative estimate of drug-likeness (QED) is 0.509. The molecular formula is C11H21N5. The Kier molecular flexibility index (Phi) is 4.49. The zero-order valence-corrected chi connectivity index (χ0v) is 10.2. The molecule has 0 saturated carbocycles. The number of hydrogen-bond acceptors (Lipinski definition) is 5. The lowest BCUT2D eigenvalue weighted by atomic mass is 9.90. The summed E-state index contributed by atoms with van der Waals surface area (Å²) in [5.41, 5.74) is 2.63. The third-order valence-corrected chi connectivity index (χ3v) is 3.24. The van der Waals surface area contributed by atoms with Crippen LogP contribution in [0.25, 0.3) is 0 Å². The fourth-order valence-electron chi connectivity index (χ4n) is 1.79. The molecule has 0 saturated heterocycles. The molecule has 1 aromatic heterocycles. The van der Waals surface area contributed by atoms with Crippen molar-refractivity contribution in [1.29, 1.82) is 0 Å². The first kappa shape index (κ1) is 12.7. The van der Waals surface area contributed by atoms with E-state index in [-0.39, 0.29) is 5.54 Å². The highest BCUT2D eigenvalue weighted by molar-refractivity contribution is 5.47. The topological polar surface area (TPSA) is 75.9 Å². The monoisotopic (exact) mass is 223 g/mol. The molecule has 0 aromatic carbocycles. The molecule has 1 rings (SSSR count). The molecular weight excluding hydrogens is 202 g/mol. The summed E-state index contributed by atoms with van der Waals surface area (Å²) >= 11 is 0. The van der Waals surface area contributed by atoms with E-state index >= 15 is 0 Å². The molecule has 0 aliphatic carbocycles. The second-order valence-corrected chi connectivity index (χ2v) is 3.90. The molecule has 1 aromatic rings. The second kappa shape index (κ2) is 5.65. The van der Waals surface area contributed by atoms with Gasteiger partial charge in [-0.2, -0.15) is 0 Å². The summed E-state index contributed by atoms with van der Waals surface area (Å²) in [7, 11) is 0. The maximum absolute atomic E-state index is 5.31. The highest BCUT2D eigenvalue weighted by Gasteiger charge is 2.23. The average molecular weight is 223 g/mol. The van der Waals surface area contributed by atoms with Crippen LogP contribution in [0.3, 0.4) is 0 Å². The van der Waals surface area contributed by atoms with Crippen LogP contribution < -0.4 is 16.6 Å². The number of hydrogen-bond donors (Lipinski definition) is 3. The Bertz CT molecular complexity index is 314. The Hall–Kier alpha value is -1.36. The van der Waals surface area contributed by atoms with Crippen LogP contribution in [0.2, 0.25) is 0 Å². The molecule has 5 heteroatoms. The third-order valence-electron chi connectivity index (χ3n) is 3.24. The maximum Gasteiger partial charge on any atom is 0.145 e. The van der Waals surface area contributed by atoms with Gasteiger partial charge in [0, 0.05) is 11.6 Å². The smallest absolute Gasteiger partial charge is 0.145 e. The highest BCUT2D eigenvalue weighted by Crippen LogP contribution is 2.24. The predicted octanol–water partition coefficient (Wildman–Crippen LogP) is 2.14. The Balaban J connectivity index is 2.84. The Labute approximate surface area is 96.8 Å². The summed E-state index contributed by atoms with van der Waals surface area (Å²) < 4.78 is 0. The lowest BCUT2D eigenvalue weighted by molar-refractivity contribution is 0.419. The molecule has 16 heavy (non-hydrogen) atoms. The van der Waals surface area contributed by atoms with Crippen molar-refractivity contribution in [3.05, 3.63) is 12.4 Å². The third kappa shape index (κ3) is 2.82. The first-order valence-corrected chi connectivity index (χ1v) is 5.76. The molecule has 0 aliphatic rings. The molecule has 0 radical (unpaired) electrons. The number of nitrogens with one attached hydrogen (secondary N) is 2. The van der Waals surface area contributed by atoms with Crippen LogP contribution in [0, 0.1) is 0 Å². The largest absolute Gasteiger partial charge is 0.365 e. The highest BCUT2D eigenvalue weighted by atomic mass is 15.3. The first-order chi connectivity index (χ1) is 7.69. The van der Waals surface area contributed by atoms with Crippen molar-refractivity contribution in [1.82, 2.24) is 9.97 Å². The van der Waals surface area contributed by atoms with Crippen molar-refractivity contribution < 1.29 is 0 Å². The summed E-state index contributed by atoms with van der Waals surface area (Å²) in [6, 6.07) is 1.82. The van der Waals surface area contributed by atoms with Gasteiger partial charge in [-0.3, -0.25) is 0 Å². The van der Waals surface area contributed by atoms with Crippen LogP contribution in [-0.2, 0) is 0 Å². The number of anilines is 2. The van der Waals surface area contributed by atoms with Gasteiger partial charge in [0.2, 0.25) is 0 Å². The van der Waals surface area contributed by atoms with E-state index in [0.717, 1.165) is 25.1 Å². The number of aromatic nitrogens is 2. The zero-order chi connectivity index (χ0) is 12.0. The molecule has 0 spiro atoms. The summed E-state index contributed by atoms with van der Waals surface area (Å²) in [5, 5.41) is 3.47. The maximum atomic E-state index is 5.31. The lowest BCUT2D eigenvalue weighted by Gasteiger charge is -2.32. The van der Waals surface area contributed by atoms with Crippen LogP contribution in [0.1, 0.15) is 40.0 Å². The van der Waals surface area contributed by atoms with Gasteiger partial charge < -0.3 is 10.7 Å².